The quantitative estimate of drug-likeness (QED) is 0.620. The lowest BCUT2D eigenvalue weighted by atomic mass is 10.2. The fourth-order valence-electron chi connectivity index (χ4n) is 2.22. The maximum absolute atomic E-state index is 12.7. The molecule has 0 radical (unpaired) electrons. The third-order valence-corrected chi connectivity index (χ3v) is 3.29. The van der Waals surface area contributed by atoms with E-state index in [4.69, 9.17) is 4.74 Å². The van der Waals surface area contributed by atoms with Crippen molar-refractivity contribution in [1.29, 1.82) is 0 Å². The molecule has 0 spiro atoms. The topological polar surface area (TPSA) is 58.6 Å². The molecule has 1 aliphatic heterocycles. The molecule has 114 valence electrons. The number of benzene rings is 1. The third kappa shape index (κ3) is 3.93. The first-order chi connectivity index (χ1) is 10.1. The Kier molecular flexibility index (Phi) is 5.14. The smallest absolute Gasteiger partial charge is 0.324 e. The molecule has 3 amide bonds. The molecule has 1 aromatic rings. The highest BCUT2D eigenvalue weighted by Crippen LogP contribution is 2.13. The van der Waals surface area contributed by atoms with Gasteiger partial charge in [-0.15, -0.1) is 0 Å². The van der Waals surface area contributed by atoms with Gasteiger partial charge in [-0.1, -0.05) is 13.3 Å². The molecule has 0 aromatic heterocycles. The number of hydrogen-bond acceptors (Lipinski definition) is 3. The van der Waals surface area contributed by atoms with Gasteiger partial charge in [0.2, 0.25) is 0 Å². The molecule has 1 aromatic carbocycles. The summed E-state index contributed by atoms with van der Waals surface area (Å²) in [5, 5.41) is 2.67. The number of nitrogens with zero attached hydrogens (tertiary/aromatic N) is 1. The number of ether oxygens (including phenoxy) is 1. The number of nitrogens with one attached hydrogen (secondary N) is 1. The Bertz CT molecular complexity index is 504. The fourth-order valence-corrected chi connectivity index (χ4v) is 2.22. The van der Waals surface area contributed by atoms with E-state index in [2.05, 4.69) is 5.32 Å². The molecule has 1 fully saturated rings. The molecular weight excluding hydrogens is 275 g/mol. The number of hydrogen-bond donors (Lipinski definition) is 1. The summed E-state index contributed by atoms with van der Waals surface area (Å²) in [5.74, 6) is 0.0877. The largest absolute Gasteiger partial charge is 0.494 e. The van der Waals surface area contributed by atoms with E-state index in [1.54, 1.807) is 12.1 Å². The van der Waals surface area contributed by atoms with Crippen LogP contribution in [-0.4, -0.2) is 36.0 Å². The fraction of sp³-hybridized carbons (Fsp3) is 0.467. The van der Waals surface area contributed by atoms with Gasteiger partial charge in [-0.25, -0.2) is 9.18 Å². The Labute approximate surface area is 123 Å². The van der Waals surface area contributed by atoms with E-state index in [9.17, 15) is 14.0 Å². The monoisotopic (exact) mass is 294 g/mol. The summed E-state index contributed by atoms with van der Waals surface area (Å²) in [4.78, 5) is 24.9. The molecule has 0 saturated carbocycles. The second kappa shape index (κ2) is 7.06. The number of imide groups is 1. The molecule has 1 heterocycles. The van der Waals surface area contributed by atoms with Crippen LogP contribution in [0.15, 0.2) is 24.3 Å². The molecule has 1 N–H and O–H groups in total. The zero-order valence-electron chi connectivity index (χ0n) is 12.0. The Balaban J connectivity index is 1.74. The summed E-state index contributed by atoms with van der Waals surface area (Å²) in [6.45, 7) is 2.66. The molecule has 1 saturated heterocycles. The Morgan fingerprint density at radius 2 is 2.00 bits per heavy atom. The summed E-state index contributed by atoms with van der Waals surface area (Å²) in [6, 6.07) is 5.01. The van der Waals surface area contributed by atoms with Gasteiger partial charge in [0.25, 0.3) is 5.91 Å². The lowest BCUT2D eigenvalue weighted by molar-refractivity contribution is -0.127. The Morgan fingerprint density at radius 3 is 2.67 bits per heavy atom. The van der Waals surface area contributed by atoms with E-state index in [1.807, 2.05) is 6.92 Å². The SMILES string of the molecule is CCC[C@H]1NC(=O)N(CCCOc2ccc(F)cc2)C1=O. The van der Waals surface area contributed by atoms with E-state index in [0.717, 1.165) is 6.42 Å². The van der Waals surface area contributed by atoms with Crippen molar-refractivity contribution in [3.63, 3.8) is 0 Å². The van der Waals surface area contributed by atoms with Gasteiger partial charge in [0.05, 0.1) is 6.61 Å². The van der Waals surface area contributed by atoms with Crippen LogP contribution in [0.25, 0.3) is 0 Å². The first kappa shape index (κ1) is 15.3. The first-order valence-corrected chi connectivity index (χ1v) is 7.12. The van der Waals surface area contributed by atoms with Crippen LogP contribution in [0.4, 0.5) is 9.18 Å². The zero-order chi connectivity index (χ0) is 15.2. The number of urea groups is 1. The van der Waals surface area contributed by atoms with Gasteiger partial charge in [-0.05, 0) is 37.1 Å². The molecule has 6 heteroatoms. The highest BCUT2D eigenvalue weighted by Gasteiger charge is 2.36. The molecule has 2 rings (SSSR count). The van der Waals surface area contributed by atoms with E-state index >= 15 is 0 Å². The third-order valence-electron chi connectivity index (χ3n) is 3.29. The lowest BCUT2D eigenvalue weighted by Crippen LogP contribution is -2.33. The highest BCUT2D eigenvalue weighted by atomic mass is 19.1. The van der Waals surface area contributed by atoms with Crippen LogP contribution < -0.4 is 10.1 Å². The molecule has 0 bridgehead atoms. The van der Waals surface area contributed by atoms with Crippen molar-refractivity contribution in [3.8, 4) is 5.75 Å². The molecule has 21 heavy (non-hydrogen) atoms. The molecule has 1 atom stereocenters. The van der Waals surface area contributed by atoms with Crippen LogP contribution in [0.5, 0.6) is 5.75 Å². The zero-order valence-corrected chi connectivity index (χ0v) is 12.0. The van der Waals surface area contributed by atoms with Gasteiger partial charge in [-0.3, -0.25) is 9.69 Å². The molecule has 0 aliphatic carbocycles. The molecule has 1 aliphatic rings. The summed E-state index contributed by atoms with van der Waals surface area (Å²) in [5.41, 5.74) is 0. The Morgan fingerprint density at radius 1 is 1.29 bits per heavy atom. The molecule has 5 nitrogen and oxygen atoms in total. The van der Waals surface area contributed by atoms with Crippen LogP contribution in [0.2, 0.25) is 0 Å². The van der Waals surface area contributed by atoms with Crippen molar-refractivity contribution in [3.05, 3.63) is 30.1 Å². The van der Waals surface area contributed by atoms with Crippen LogP contribution in [0.1, 0.15) is 26.2 Å². The average Bonchev–Trinajstić information content (AvgIpc) is 2.73. The minimum Gasteiger partial charge on any atom is -0.494 e. The molecular formula is C15H19FN2O3. The highest BCUT2D eigenvalue weighted by molar-refractivity contribution is 6.04. The second-order valence-electron chi connectivity index (χ2n) is 4.94. The van der Waals surface area contributed by atoms with Crippen molar-refractivity contribution in [2.75, 3.05) is 13.2 Å². The molecule has 0 unspecified atom stereocenters. The van der Waals surface area contributed by atoms with Gasteiger partial charge in [-0.2, -0.15) is 0 Å². The van der Waals surface area contributed by atoms with Crippen LogP contribution in [0, 0.1) is 5.82 Å². The second-order valence-corrected chi connectivity index (χ2v) is 4.94. The number of carbonyl (C=O) groups is 2. The van der Waals surface area contributed by atoms with Gasteiger partial charge in [0.1, 0.15) is 17.6 Å². The first-order valence-electron chi connectivity index (χ1n) is 7.12. The summed E-state index contributed by atoms with van der Waals surface area (Å²) < 4.78 is 18.2. The number of halogens is 1. The van der Waals surface area contributed by atoms with E-state index in [-0.39, 0.29) is 23.8 Å². The predicted molar refractivity (Wildman–Crippen MR) is 75.5 cm³/mol. The predicted octanol–water partition coefficient (Wildman–Crippen LogP) is 2.32. The normalized spacial score (nSPS) is 18.0. The summed E-state index contributed by atoms with van der Waals surface area (Å²) in [6.07, 6.45) is 2.04. The minimum atomic E-state index is -0.388. The summed E-state index contributed by atoms with van der Waals surface area (Å²) >= 11 is 0. The van der Waals surface area contributed by atoms with Crippen molar-refractivity contribution in [2.45, 2.75) is 32.2 Å². The maximum Gasteiger partial charge on any atom is 0.324 e. The number of carbonyl (C=O) groups excluding carboxylic acids is 2. The van der Waals surface area contributed by atoms with Crippen molar-refractivity contribution in [1.82, 2.24) is 10.2 Å². The Hall–Kier alpha value is -2.11. The van der Waals surface area contributed by atoms with E-state index in [0.29, 0.717) is 31.7 Å². The van der Waals surface area contributed by atoms with Gasteiger partial charge in [0, 0.05) is 6.54 Å². The standard InChI is InChI=1S/C15H19FN2O3/c1-2-4-13-14(19)18(15(20)17-13)9-3-10-21-12-7-5-11(16)6-8-12/h5-8,13H,2-4,9-10H2,1H3,(H,17,20)/t13-/m1/s1. The maximum atomic E-state index is 12.7. The van der Waals surface area contributed by atoms with Gasteiger partial charge >= 0.3 is 6.03 Å². The minimum absolute atomic E-state index is 0.163. The van der Waals surface area contributed by atoms with Crippen molar-refractivity contribution < 1.29 is 18.7 Å². The lowest BCUT2D eigenvalue weighted by Gasteiger charge is -2.13. The van der Waals surface area contributed by atoms with Crippen molar-refractivity contribution >= 4 is 11.9 Å². The van der Waals surface area contributed by atoms with Crippen LogP contribution in [-0.2, 0) is 4.79 Å². The van der Waals surface area contributed by atoms with E-state index in [1.165, 1.54) is 17.0 Å². The van der Waals surface area contributed by atoms with Gasteiger partial charge in [0.15, 0.2) is 0 Å². The van der Waals surface area contributed by atoms with Crippen LogP contribution in [0.3, 0.4) is 0 Å². The number of amides is 3. The summed E-state index contributed by atoms with van der Waals surface area (Å²) in [7, 11) is 0. The van der Waals surface area contributed by atoms with E-state index < -0.39 is 0 Å². The van der Waals surface area contributed by atoms with Gasteiger partial charge < -0.3 is 10.1 Å². The van der Waals surface area contributed by atoms with Crippen molar-refractivity contribution in [2.24, 2.45) is 0 Å². The van der Waals surface area contributed by atoms with Crippen LogP contribution >= 0.6 is 0 Å². The number of rotatable bonds is 7. The average molecular weight is 294 g/mol.